The van der Waals surface area contributed by atoms with Crippen LogP contribution in [0.5, 0.6) is 0 Å². The molecule has 1 amide bonds. The van der Waals surface area contributed by atoms with E-state index in [-0.39, 0.29) is 5.91 Å². The molecule has 0 unspecified atom stereocenters. The molecule has 0 aliphatic carbocycles. The summed E-state index contributed by atoms with van der Waals surface area (Å²) in [5.74, 6) is 0.212. The number of rotatable bonds is 3. The fourth-order valence-electron chi connectivity index (χ4n) is 2.40. The van der Waals surface area contributed by atoms with Gasteiger partial charge in [0.2, 0.25) is 15.9 Å². The minimum Gasteiger partial charge on any atom is -0.311 e. The third kappa shape index (κ3) is 2.93. The lowest BCUT2D eigenvalue weighted by Crippen LogP contribution is -2.08. The van der Waals surface area contributed by atoms with E-state index in [0.29, 0.717) is 11.3 Å². The first-order valence-corrected chi connectivity index (χ1v) is 8.61. The van der Waals surface area contributed by atoms with Crippen molar-refractivity contribution in [3.05, 3.63) is 43.0 Å². The Morgan fingerprint density at radius 3 is 2.74 bits per heavy atom. The van der Waals surface area contributed by atoms with Gasteiger partial charge >= 0.3 is 0 Å². The van der Waals surface area contributed by atoms with Gasteiger partial charge in [-0.2, -0.15) is 0 Å². The van der Waals surface area contributed by atoms with Crippen LogP contribution in [-0.4, -0.2) is 34.5 Å². The molecule has 8 heteroatoms. The molecule has 3 aromatic heterocycles. The van der Waals surface area contributed by atoms with Gasteiger partial charge in [0.25, 0.3) is 0 Å². The van der Waals surface area contributed by atoms with E-state index < -0.39 is 10.0 Å². The molecule has 0 aliphatic heterocycles. The van der Waals surface area contributed by atoms with E-state index in [4.69, 9.17) is 0 Å². The number of nitrogens with zero attached hydrogens (tertiary/aromatic N) is 3. The number of nitrogens with one attached hydrogen (secondary N) is 1. The Balaban J connectivity index is 2.18. The molecule has 23 heavy (non-hydrogen) atoms. The molecule has 0 fully saturated rings. The fraction of sp³-hybridized carbons (Fsp3) is 0.133. The second kappa shape index (κ2) is 5.47. The second-order valence-electron chi connectivity index (χ2n) is 5.11. The van der Waals surface area contributed by atoms with Crippen LogP contribution < -0.4 is 5.32 Å². The van der Waals surface area contributed by atoms with Crippen molar-refractivity contribution in [3.63, 3.8) is 0 Å². The summed E-state index contributed by atoms with van der Waals surface area (Å²) in [6.45, 7) is 1.41. The molecule has 0 radical (unpaired) electrons. The number of amides is 1. The van der Waals surface area contributed by atoms with Crippen LogP contribution in [-0.2, 0) is 14.8 Å². The monoisotopic (exact) mass is 330 g/mol. The SMILES string of the molecule is CC(=O)Nc1cc(-c2cncc3c2ccn3S(C)(=O)=O)ccn1. The van der Waals surface area contributed by atoms with Crippen LogP contribution in [0.25, 0.3) is 22.0 Å². The Morgan fingerprint density at radius 2 is 2.04 bits per heavy atom. The first-order chi connectivity index (χ1) is 10.9. The molecule has 3 rings (SSSR count). The van der Waals surface area contributed by atoms with Crippen molar-refractivity contribution < 1.29 is 13.2 Å². The summed E-state index contributed by atoms with van der Waals surface area (Å²) in [5, 5.41) is 3.38. The number of carbonyl (C=O) groups is 1. The maximum atomic E-state index is 11.8. The highest BCUT2D eigenvalue weighted by Crippen LogP contribution is 2.29. The minimum absolute atomic E-state index is 0.214. The molecule has 0 saturated carbocycles. The van der Waals surface area contributed by atoms with Crippen LogP contribution in [0, 0.1) is 0 Å². The van der Waals surface area contributed by atoms with Crippen molar-refractivity contribution in [2.24, 2.45) is 0 Å². The van der Waals surface area contributed by atoms with Crippen molar-refractivity contribution in [1.29, 1.82) is 0 Å². The first-order valence-electron chi connectivity index (χ1n) is 6.76. The average molecular weight is 330 g/mol. The highest BCUT2D eigenvalue weighted by Gasteiger charge is 2.14. The maximum absolute atomic E-state index is 11.8. The second-order valence-corrected chi connectivity index (χ2v) is 6.96. The summed E-state index contributed by atoms with van der Waals surface area (Å²) < 4.78 is 24.8. The van der Waals surface area contributed by atoms with E-state index >= 15 is 0 Å². The number of anilines is 1. The van der Waals surface area contributed by atoms with Gasteiger partial charge in [-0.25, -0.2) is 17.4 Å². The molecule has 0 bridgehead atoms. The van der Waals surface area contributed by atoms with E-state index in [1.807, 2.05) is 0 Å². The Morgan fingerprint density at radius 1 is 1.26 bits per heavy atom. The van der Waals surface area contributed by atoms with E-state index in [1.165, 1.54) is 23.3 Å². The number of carbonyl (C=O) groups excluding carboxylic acids is 1. The van der Waals surface area contributed by atoms with Gasteiger partial charge < -0.3 is 5.32 Å². The van der Waals surface area contributed by atoms with Crippen LogP contribution in [0.1, 0.15) is 6.92 Å². The quantitative estimate of drug-likeness (QED) is 0.791. The Hall–Kier alpha value is -2.74. The number of aromatic nitrogens is 3. The summed E-state index contributed by atoms with van der Waals surface area (Å²) in [5.41, 5.74) is 2.05. The largest absolute Gasteiger partial charge is 0.311 e. The van der Waals surface area contributed by atoms with Crippen LogP contribution in [0.4, 0.5) is 5.82 Å². The normalized spacial score (nSPS) is 11.6. The van der Waals surface area contributed by atoms with Gasteiger partial charge in [0.15, 0.2) is 0 Å². The molecular weight excluding hydrogens is 316 g/mol. The maximum Gasteiger partial charge on any atom is 0.236 e. The highest BCUT2D eigenvalue weighted by molar-refractivity contribution is 7.89. The predicted octanol–water partition coefficient (Wildman–Crippen LogP) is 1.86. The van der Waals surface area contributed by atoms with Crippen LogP contribution in [0.3, 0.4) is 0 Å². The van der Waals surface area contributed by atoms with Gasteiger partial charge in [-0.1, -0.05) is 0 Å². The molecule has 0 spiro atoms. The van der Waals surface area contributed by atoms with Crippen LogP contribution in [0.15, 0.2) is 43.0 Å². The van der Waals surface area contributed by atoms with Gasteiger partial charge in [-0.3, -0.25) is 9.78 Å². The van der Waals surface area contributed by atoms with E-state index in [0.717, 1.165) is 22.8 Å². The molecule has 0 atom stereocenters. The topological polar surface area (TPSA) is 94.0 Å². The van der Waals surface area contributed by atoms with E-state index in [2.05, 4.69) is 15.3 Å². The van der Waals surface area contributed by atoms with Gasteiger partial charge in [-0.05, 0) is 23.8 Å². The number of hydrogen-bond acceptors (Lipinski definition) is 5. The molecule has 0 saturated heterocycles. The van der Waals surface area contributed by atoms with Gasteiger partial charge in [0.05, 0.1) is 18.0 Å². The minimum atomic E-state index is -3.40. The summed E-state index contributed by atoms with van der Waals surface area (Å²) >= 11 is 0. The standard InChI is InChI=1S/C15H14N4O3S/c1-10(20)18-15-7-11(3-5-17-15)13-8-16-9-14-12(13)4-6-19(14)23(2,21)22/h3-9H,1-2H3,(H,17,18,20). The summed E-state index contributed by atoms with van der Waals surface area (Å²) in [7, 11) is -3.40. The summed E-state index contributed by atoms with van der Waals surface area (Å²) in [6.07, 6.45) is 7.38. The van der Waals surface area contributed by atoms with E-state index in [9.17, 15) is 13.2 Å². The lowest BCUT2D eigenvalue weighted by atomic mass is 10.1. The molecule has 7 nitrogen and oxygen atoms in total. The van der Waals surface area contributed by atoms with Gasteiger partial charge in [-0.15, -0.1) is 0 Å². The van der Waals surface area contributed by atoms with E-state index in [1.54, 1.807) is 30.6 Å². The van der Waals surface area contributed by atoms with Crippen molar-refractivity contribution in [1.82, 2.24) is 13.9 Å². The predicted molar refractivity (Wildman–Crippen MR) is 87.5 cm³/mol. The molecule has 0 aromatic carbocycles. The van der Waals surface area contributed by atoms with Crippen molar-refractivity contribution in [2.75, 3.05) is 11.6 Å². The fourth-order valence-corrected chi connectivity index (χ4v) is 3.18. The molecule has 0 aliphatic rings. The van der Waals surface area contributed by atoms with Crippen molar-refractivity contribution in [2.45, 2.75) is 6.92 Å². The number of fused-ring (bicyclic) bond motifs is 1. The Bertz CT molecular complexity index is 1010. The van der Waals surface area contributed by atoms with Crippen LogP contribution >= 0.6 is 0 Å². The smallest absolute Gasteiger partial charge is 0.236 e. The first kappa shape index (κ1) is 15.2. The average Bonchev–Trinajstić information content (AvgIpc) is 2.90. The summed E-state index contributed by atoms with van der Waals surface area (Å²) in [6, 6.07) is 5.22. The lowest BCUT2D eigenvalue weighted by Gasteiger charge is -2.07. The molecule has 1 N–H and O–H groups in total. The Labute approximate surface area is 133 Å². The van der Waals surface area contributed by atoms with Gasteiger partial charge in [0.1, 0.15) is 5.82 Å². The number of hydrogen-bond donors (Lipinski definition) is 1. The number of pyridine rings is 2. The zero-order valence-corrected chi connectivity index (χ0v) is 13.3. The highest BCUT2D eigenvalue weighted by atomic mass is 32.2. The summed E-state index contributed by atoms with van der Waals surface area (Å²) in [4.78, 5) is 19.4. The van der Waals surface area contributed by atoms with Crippen LogP contribution in [0.2, 0.25) is 0 Å². The third-order valence-corrected chi connectivity index (χ3v) is 4.35. The Kier molecular flexibility index (Phi) is 3.61. The van der Waals surface area contributed by atoms with Crippen molar-refractivity contribution >= 4 is 32.7 Å². The third-order valence-electron chi connectivity index (χ3n) is 3.31. The molecule has 118 valence electrons. The zero-order valence-electron chi connectivity index (χ0n) is 12.5. The van der Waals surface area contributed by atoms with Crippen molar-refractivity contribution in [3.8, 4) is 11.1 Å². The lowest BCUT2D eigenvalue weighted by molar-refractivity contribution is -0.114. The zero-order chi connectivity index (χ0) is 16.6. The van der Waals surface area contributed by atoms with Gasteiger partial charge in [0, 0.05) is 36.5 Å². The molecule has 3 heterocycles. The molecular formula is C15H14N4O3S. The molecule has 3 aromatic rings.